The zero-order valence-corrected chi connectivity index (χ0v) is 10.2. The number of hydrogen-bond donors (Lipinski definition) is 2. The normalized spacial score (nSPS) is 15.4. The van der Waals surface area contributed by atoms with E-state index in [4.69, 9.17) is 0 Å². The minimum absolute atomic E-state index is 0.204. The topological polar surface area (TPSA) is 92.8 Å². The predicted octanol–water partition coefficient (Wildman–Crippen LogP) is 2.02. The van der Waals surface area contributed by atoms with Crippen LogP contribution >= 0.6 is 0 Å². The van der Waals surface area contributed by atoms with Gasteiger partial charge in [0.1, 0.15) is 11.5 Å². The molecule has 0 amide bonds. The largest absolute Gasteiger partial charge is 0.553 e. The molecule has 0 heterocycles. The highest BCUT2D eigenvalue weighted by atomic mass is 19.4. The Labute approximate surface area is 113 Å². The molecule has 0 spiro atoms. The van der Waals surface area contributed by atoms with E-state index in [9.17, 15) is 42.3 Å². The lowest BCUT2D eigenvalue weighted by molar-refractivity contribution is -0.685. The van der Waals surface area contributed by atoms with Crippen molar-refractivity contribution in [1.29, 1.82) is 0 Å². The molecule has 1 rings (SSSR count). The summed E-state index contributed by atoms with van der Waals surface area (Å²) >= 11 is 0. The molecule has 0 saturated carbocycles. The second kappa shape index (κ2) is 4.98. The summed E-state index contributed by atoms with van der Waals surface area (Å²) in [6, 6.07) is -4.33. The fourth-order valence-electron chi connectivity index (χ4n) is 1.56. The van der Waals surface area contributed by atoms with Crippen molar-refractivity contribution >= 4 is 0 Å². The fraction of sp³-hybridized carbons (Fsp3) is 0.400. The number of methoxy groups -OCH3 is 1. The van der Waals surface area contributed by atoms with Gasteiger partial charge in [-0.05, 0) is 12.1 Å². The van der Waals surface area contributed by atoms with Gasteiger partial charge in [0.2, 0.25) is 0 Å². The van der Waals surface area contributed by atoms with Gasteiger partial charge < -0.3 is 14.9 Å². The van der Waals surface area contributed by atoms with Gasteiger partial charge in [-0.2, -0.15) is 13.2 Å². The van der Waals surface area contributed by atoms with E-state index in [-0.39, 0.29) is 11.8 Å². The van der Waals surface area contributed by atoms with Crippen molar-refractivity contribution in [1.82, 2.24) is 0 Å². The minimum Gasteiger partial charge on any atom is -0.507 e. The number of hydrogen-bond acceptors (Lipinski definition) is 5. The number of nitro groups is 1. The number of ether oxygens (including phenoxy) is 1. The van der Waals surface area contributed by atoms with Crippen LogP contribution in [0, 0.1) is 10.1 Å². The molecular formula is C10H8F5NO5. The first kappa shape index (κ1) is 16.9. The van der Waals surface area contributed by atoms with E-state index in [2.05, 4.69) is 4.74 Å². The van der Waals surface area contributed by atoms with Crippen LogP contribution in [0.4, 0.5) is 22.0 Å². The highest BCUT2D eigenvalue weighted by Crippen LogP contribution is 2.52. The van der Waals surface area contributed by atoms with Crippen molar-refractivity contribution in [3.05, 3.63) is 33.9 Å². The van der Waals surface area contributed by atoms with Gasteiger partial charge in [-0.1, -0.05) is 0 Å². The molecule has 1 atom stereocenters. The molecule has 1 aromatic rings. The summed E-state index contributed by atoms with van der Waals surface area (Å²) < 4.78 is 69.7. The van der Waals surface area contributed by atoms with Crippen LogP contribution in [0.1, 0.15) is 5.56 Å². The first-order valence-corrected chi connectivity index (χ1v) is 5.08. The lowest BCUT2D eigenvalue weighted by Gasteiger charge is -2.31. The number of rotatable bonds is 4. The Morgan fingerprint density at radius 1 is 1.24 bits per heavy atom. The molecule has 0 aliphatic rings. The van der Waals surface area contributed by atoms with Crippen LogP contribution in [-0.4, -0.2) is 34.5 Å². The van der Waals surface area contributed by atoms with Gasteiger partial charge in [0.15, 0.2) is 0 Å². The van der Waals surface area contributed by atoms with Crippen LogP contribution < -0.4 is 4.74 Å². The summed E-state index contributed by atoms with van der Waals surface area (Å²) in [5.41, 5.74) is -6.97. The molecular weight excluding hydrogens is 309 g/mol. The molecule has 1 unspecified atom stereocenters. The third-order valence-corrected chi connectivity index (χ3v) is 2.67. The predicted molar refractivity (Wildman–Crippen MR) is 56.6 cm³/mol. The van der Waals surface area contributed by atoms with Crippen LogP contribution in [0.2, 0.25) is 0 Å². The monoisotopic (exact) mass is 317 g/mol. The molecule has 118 valence electrons. The molecule has 11 heteroatoms. The van der Waals surface area contributed by atoms with E-state index in [0.717, 1.165) is 13.2 Å². The van der Waals surface area contributed by atoms with E-state index < -0.39 is 34.1 Å². The molecule has 6 nitrogen and oxygen atoms in total. The van der Waals surface area contributed by atoms with Crippen LogP contribution in [0.5, 0.6) is 11.5 Å². The summed E-state index contributed by atoms with van der Waals surface area (Å²) in [5, 5.41) is 28.9. The molecule has 0 fully saturated rings. The van der Waals surface area contributed by atoms with Gasteiger partial charge in [0.25, 0.3) is 0 Å². The average Bonchev–Trinajstić information content (AvgIpc) is 2.35. The minimum atomic E-state index is -6.13. The summed E-state index contributed by atoms with van der Waals surface area (Å²) in [4.78, 5) is 7.63. The van der Waals surface area contributed by atoms with Crippen molar-refractivity contribution < 1.29 is 41.8 Å². The molecule has 0 aromatic heterocycles. The van der Waals surface area contributed by atoms with Crippen LogP contribution in [0.3, 0.4) is 0 Å². The molecule has 0 saturated heterocycles. The quantitative estimate of drug-likeness (QED) is 0.383. The molecule has 0 aliphatic carbocycles. The Hall–Kier alpha value is -2.17. The maximum Gasteiger partial charge on any atom is 0.553 e. The number of aromatic hydroxyl groups is 1. The first-order valence-electron chi connectivity index (χ1n) is 5.08. The third kappa shape index (κ3) is 2.44. The molecule has 0 radical (unpaired) electrons. The van der Waals surface area contributed by atoms with E-state index >= 15 is 0 Å². The summed E-state index contributed by atoms with van der Waals surface area (Å²) in [6.07, 6.45) is -6.13. The standard InChI is InChI=1S/C10H8F5NO5/c1-21-5-2-3-6(7(17)4-5)8(18,9(11,12)13)10(14,15)16(19)20/h2-4,17-18H,1H3. The zero-order chi connectivity index (χ0) is 16.6. The van der Waals surface area contributed by atoms with E-state index in [1.54, 1.807) is 0 Å². The summed E-state index contributed by atoms with van der Waals surface area (Å²) in [5.74, 6) is -1.64. The fourth-order valence-corrected chi connectivity index (χ4v) is 1.56. The maximum absolute atomic E-state index is 13.3. The SMILES string of the molecule is COc1ccc(C(O)(C(F)(F)F)C(F)(F)[N+](=O)[O-])c(O)c1. The van der Waals surface area contributed by atoms with Gasteiger partial charge >= 0.3 is 17.8 Å². The Morgan fingerprint density at radius 2 is 1.76 bits per heavy atom. The van der Waals surface area contributed by atoms with Crippen molar-refractivity contribution in [2.75, 3.05) is 7.11 Å². The van der Waals surface area contributed by atoms with E-state index in [1.165, 1.54) is 0 Å². The average molecular weight is 317 g/mol. The highest BCUT2D eigenvalue weighted by Gasteiger charge is 2.79. The molecule has 0 aliphatic heterocycles. The Balaban J connectivity index is 3.65. The number of phenolic OH excluding ortho intramolecular Hbond substituents is 1. The number of halogens is 5. The lowest BCUT2D eigenvalue weighted by Crippen LogP contribution is -2.59. The highest BCUT2D eigenvalue weighted by molar-refractivity contribution is 5.44. The van der Waals surface area contributed by atoms with Crippen LogP contribution in [0.25, 0.3) is 0 Å². The lowest BCUT2D eigenvalue weighted by atomic mass is 9.89. The van der Waals surface area contributed by atoms with Gasteiger partial charge in [0.05, 0.1) is 12.0 Å². The van der Waals surface area contributed by atoms with Gasteiger partial charge in [-0.3, -0.25) is 10.1 Å². The van der Waals surface area contributed by atoms with Crippen molar-refractivity contribution in [3.63, 3.8) is 0 Å². The Morgan fingerprint density at radius 3 is 2.10 bits per heavy atom. The number of alkyl halides is 5. The van der Waals surface area contributed by atoms with E-state index in [1.807, 2.05) is 0 Å². The third-order valence-electron chi connectivity index (χ3n) is 2.67. The van der Waals surface area contributed by atoms with Crippen molar-refractivity contribution in [2.45, 2.75) is 17.8 Å². The summed E-state index contributed by atoms with van der Waals surface area (Å²) in [7, 11) is 1.08. The smallest absolute Gasteiger partial charge is 0.507 e. The number of aliphatic hydroxyl groups is 1. The van der Waals surface area contributed by atoms with Gasteiger partial charge in [-0.25, -0.2) is 0 Å². The van der Waals surface area contributed by atoms with Crippen LogP contribution in [0.15, 0.2) is 18.2 Å². The second-order valence-corrected chi connectivity index (χ2v) is 3.89. The molecule has 1 aromatic carbocycles. The van der Waals surface area contributed by atoms with Crippen molar-refractivity contribution in [2.24, 2.45) is 0 Å². The first-order chi connectivity index (χ1) is 9.39. The van der Waals surface area contributed by atoms with Gasteiger partial charge in [-0.15, -0.1) is 8.78 Å². The number of benzene rings is 1. The maximum atomic E-state index is 13.3. The Bertz CT molecular complexity index is 561. The van der Waals surface area contributed by atoms with Gasteiger partial charge in [0, 0.05) is 11.6 Å². The van der Waals surface area contributed by atoms with Crippen LogP contribution in [-0.2, 0) is 5.60 Å². The molecule has 2 N–H and O–H groups in total. The zero-order valence-electron chi connectivity index (χ0n) is 10.2. The second-order valence-electron chi connectivity index (χ2n) is 3.89. The summed E-state index contributed by atoms with van der Waals surface area (Å²) in [6.45, 7) is 0. The Kier molecular flexibility index (Phi) is 4.01. The number of phenols is 1. The van der Waals surface area contributed by atoms with Crippen molar-refractivity contribution in [3.8, 4) is 11.5 Å². The molecule has 21 heavy (non-hydrogen) atoms. The molecule has 0 bridgehead atoms. The number of nitrogens with zero attached hydrogens (tertiary/aromatic N) is 1. The van der Waals surface area contributed by atoms with E-state index in [0.29, 0.717) is 6.07 Å².